The number of carbonyl (C=O) groups excluding carboxylic acids is 2. The average molecular weight is 693 g/mol. The molecule has 7 nitrogen and oxygen atoms in total. The van der Waals surface area contributed by atoms with Crippen molar-refractivity contribution in [3.63, 3.8) is 0 Å². The molecule has 4 aromatic carbocycles. The Bertz CT molecular complexity index is 1750. The Balaban J connectivity index is 1.84. The van der Waals surface area contributed by atoms with Gasteiger partial charge >= 0.3 is 0 Å². The van der Waals surface area contributed by atoms with Gasteiger partial charge in [0.2, 0.25) is 11.8 Å². The van der Waals surface area contributed by atoms with E-state index in [-0.39, 0.29) is 38.6 Å². The van der Waals surface area contributed by atoms with Crippen LogP contribution in [-0.2, 0) is 32.6 Å². The first-order chi connectivity index (χ1) is 20.9. The highest BCUT2D eigenvalue weighted by Crippen LogP contribution is 2.36. The summed E-state index contributed by atoms with van der Waals surface area (Å²) in [6.07, 6.45) is 0.153. The lowest BCUT2D eigenvalue weighted by Gasteiger charge is -2.34. The number of carbonyl (C=O) groups is 2. The number of nitrogens with zero attached hydrogens (tertiary/aromatic N) is 2. The van der Waals surface area contributed by atoms with Crippen LogP contribution in [-0.4, -0.2) is 44.8 Å². The first-order valence-corrected chi connectivity index (χ1v) is 16.4. The molecular weight excluding hydrogens is 664 g/mol. The van der Waals surface area contributed by atoms with E-state index in [2.05, 4.69) is 5.32 Å². The fourth-order valence-electron chi connectivity index (χ4n) is 4.59. The van der Waals surface area contributed by atoms with Crippen molar-refractivity contribution in [3.8, 4) is 0 Å². The highest BCUT2D eigenvalue weighted by Gasteiger charge is 2.35. The summed E-state index contributed by atoms with van der Waals surface area (Å²) in [7, 11) is -2.87. The van der Waals surface area contributed by atoms with Gasteiger partial charge in [-0.15, -0.1) is 0 Å². The van der Waals surface area contributed by atoms with Crippen LogP contribution in [0.15, 0.2) is 95.9 Å². The number of rotatable bonds is 11. The number of anilines is 1. The highest BCUT2D eigenvalue weighted by molar-refractivity contribution is 7.92. The standard InChI is InChI=1S/C32H29Cl4N3O4S/c1-21-11-15-25(16-12-21)44(42,43)39(28-10-6-9-26(34)31(28)36)20-30(40)38(19-23-13-14-24(33)18-27(23)35)29(32(41)37-2)17-22-7-4-3-5-8-22/h3-16,18,29H,17,19-20H2,1-2H3,(H,37,41)/t29-/m0/s1. The fourth-order valence-corrected chi connectivity index (χ4v) is 6.93. The van der Waals surface area contributed by atoms with Crippen molar-refractivity contribution in [2.75, 3.05) is 17.9 Å². The largest absolute Gasteiger partial charge is 0.357 e. The second-order valence-electron chi connectivity index (χ2n) is 9.97. The van der Waals surface area contributed by atoms with Gasteiger partial charge in [0.15, 0.2) is 0 Å². The molecule has 0 spiro atoms. The van der Waals surface area contributed by atoms with E-state index in [1.165, 1.54) is 42.3 Å². The maximum Gasteiger partial charge on any atom is 0.264 e. The van der Waals surface area contributed by atoms with Crippen molar-refractivity contribution in [3.05, 3.63) is 128 Å². The van der Waals surface area contributed by atoms with Gasteiger partial charge in [0.25, 0.3) is 10.0 Å². The lowest BCUT2D eigenvalue weighted by Crippen LogP contribution is -2.53. The Morgan fingerprint density at radius 3 is 2.16 bits per heavy atom. The second-order valence-corrected chi connectivity index (χ2v) is 13.5. The van der Waals surface area contributed by atoms with Gasteiger partial charge in [-0.25, -0.2) is 8.42 Å². The third kappa shape index (κ3) is 7.86. The van der Waals surface area contributed by atoms with Crippen molar-refractivity contribution in [2.24, 2.45) is 0 Å². The summed E-state index contributed by atoms with van der Waals surface area (Å²) in [5.41, 5.74) is 2.17. The molecule has 0 saturated heterocycles. The van der Waals surface area contributed by atoms with Gasteiger partial charge in [0, 0.05) is 30.1 Å². The third-order valence-corrected chi connectivity index (χ3v) is 10.1. The number of hydrogen-bond acceptors (Lipinski definition) is 4. The van der Waals surface area contributed by atoms with Crippen LogP contribution in [0, 0.1) is 6.92 Å². The molecule has 0 unspecified atom stereocenters. The predicted molar refractivity (Wildman–Crippen MR) is 177 cm³/mol. The van der Waals surface area contributed by atoms with Crippen molar-refractivity contribution in [2.45, 2.75) is 30.8 Å². The number of aryl methyl sites for hydroxylation is 1. The van der Waals surface area contributed by atoms with E-state index in [9.17, 15) is 18.0 Å². The number of hydrogen-bond donors (Lipinski definition) is 1. The van der Waals surface area contributed by atoms with Gasteiger partial charge in [-0.3, -0.25) is 13.9 Å². The van der Waals surface area contributed by atoms with E-state index < -0.39 is 34.4 Å². The topological polar surface area (TPSA) is 86.8 Å². The lowest BCUT2D eigenvalue weighted by atomic mass is 10.0. The molecule has 4 rings (SSSR count). The number of halogens is 4. The molecule has 0 fully saturated rings. The molecule has 12 heteroatoms. The molecule has 0 bridgehead atoms. The zero-order chi connectivity index (χ0) is 32.0. The Morgan fingerprint density at radius 1 is 0.841 bits per heavy atom. The molecular formula is C32H29Cl4N3O4S. The lowest BCUT2D eigenvalue weighted by molar-refractivity contribution is -0.139. The van der Waals surface area contributed by atoms with Gasteiger partial charge < -0.3 is 10.2 Å². The summed E-state index contributed by atoms with van der Waals surface area (Å²) in [6, 6.07) is 23.7. The second kappa shape index (κ2) is 14.7. The Hall–Kier alpha value is -3.27. The average Bonchev–Trinajstić information content (AvgIpc) is 3.00. The van der Waals surface area contributed by atoms with Crippen LogP contribution >= 0.6 is 46.4 Å². The van der Waals surface area contributed by atoms with Crippen LogP contribution in [0.3, 0.4) is 0 Å². The molecule has 0 aliphatic heterocycles. The zero-order valence-electron chi connectivity index (χ0n) is 23.8. The first kappa shape index (κ1) is 33.6. The predicted octanol–water partition coefficient (Wildman–Crippen LogP) is 7.19. The molecule has 0 aliphatic carbocycles. The summed E-state index contributed by atoms with van der Waals surface area (Å²) >= 11 is 25.4. The van der Waals surface area contributed by atoms with Crippen LogP contribution in [0.1, 0.15) is 16.7 Å². The summed E-state index contributed by atoms with van der Waals surface area (Å²) in [6.45, 7) is 1.03. The van der Waals surface area contributed by atoms with E-state index in [0.717, 1.165) is 15.4 Å². The molecule has 44 heavy (non-hydrogen) atoms. The van der Waals surface area contributed by atoms with Crippen LogP contribution in [0.25, 0.3) is 0 Å². The van der Waals surface area contributed by atoms with Crippen molar-refractivity contribution in [1.82, 2.24) is 10.2 Å². The molecule has 0 aromatic heterocycles. The van der Waals surface area contributed by atoms with Gasteiger partial charge in [0.1, 0.15) is 12.6 Å². The number of amides is 2. The maximum atomic E-state index is 14.4. The molecule has 1 atom stereocenters. The fraction of sp³-hybridized carbons (Fsp3) is 0.188. The zero-order valence-corrected chi connectivity index (χ0v) is 27.6. The van der Waals surface area contributed by atoms with Gasteiger partial charge in [-0.1, -0.05) is 107 Å². The monoisotopic (exact) mass is 691 g/mol. The summed E-state index contributed by atoms with van der Waals surface area (Å²) < 4.78 is 29.1. The van der Waals surface area contributed by atoms with Crippen molar-refractivity contribution >= 4 is 73.9 Å². The van der Waals surface area contributed by atoms with Crippen LogP contribution in [0.4, 0.5) is 5.69 Å². The van der Waals surface area contributed by atoms with E-state index in [0.29, 0.717) is 10.6 Å². The number of sulfonamides is 1. The number of benzene rings is 4. The first-order valence-electron chi connectivity index (χ1n) is 13.4. The van der Waals surface area contributed by atoms with Gasteiger partial charge in [-0.2, -0.15) is 0 Å². The van der Waals surface area contributed by atoms with E-state index in [4.69, 9.17) is 46.4 Å². The molecule has 230 valence electrons. The molecule has 0 aliphatic rings. The SMILES string of the molecule is CNC(=O)[C@H](Cc1ccccc1)N(Cc1ccc(Cl)cc1Cl)C(=O)CN(c1cccc(Cl)c1Cl)S(=O)(=O)c1ccc(C)cc1. The van der Waals surface area contributed by atoms with Gasteiger partial charge in [0.05, 0.1) is 20.6 Å². The maximum absolute atomic E-state index is 14.4. The number of nitrogens with one attached hydrogen (secondary N) is 1. The minimum atomic E-state index is -4.34. The Labute approximate surface area is 277 Å². The molecule has 0 radical (unpaired) electrons. The minimum absolute atomic E-state index is 0.0112. The summed E-state index contributed by atoms with van der Waals surface area (Å²) in [5.74, 6) is -1.12. The van der Waals surface area contributed by atoms with Crippen LogP contribution in [0.2, 0.25) is 20.1 Å². The molecule has 0 heterocycles. The van der Waals surface area contributed by atoms with E-state index >= 15 is 0 Å². The smallest absolute Gasteiger partial charge is 0.264 e. The molecule has 0 saturated carbocycles. The molecule has 4 aromatic rings. The van der Waals surface area contributed by atoms with Crippen molar-refractivity contribution < 1.29 is 18.0 Å². The minimum Gasteiger partial charge on any atom is -0.357 e. The summed E-state index contributed by atoms with van der Waals surface area (Å²) in [5, 5.41) is 3.38. The van der Waals surface area contributed by atoms with Crippen LogP contribution in [0.5, 0.6) is 0 Å². The van der Waals surface area contributed by atoms with E-state index in [1.54, 1.807) is 30.3 Å². The number of likely N-dealkylation sites (N-methyl/N-ethyl adjacent to an activating group) is 1. The van der Waals surface area contributed by atoms with Crippen molar-refractivity contribution in [1.29, 1.82) is 0 Å². The Morgan fingerprint density at radius 2 is 1.52 bits per heavy atom. The van der Waals surface area contributed by atoms with Gasteiger partial charge in [-0.05, 0) is 54.4 Å². The third-order valence-electron chi connectivity index (χ3n) is 6.96. The quantitative estimate of drug-likeness (QED) is 0.180. The highest BCUT2D eigenvalue weighted by atomic mass is 35.5. The van der Waals surface area contributed by atoms with Crippen LogP contribution < -0.4 is 9.62 Å². The van der Waals surface area contributed by atoms with E-state index in [1.807, 2.05) is 37.3 Å². The molecule has 2 amide bonds. The Kier molecular flexibility index (Phi) is 11.2. The normalized spacial score (nSPS) is 12.0. The summed E-state index contributed by atoms with van der Waals surface area (Å²) in [4.78, 5) is 29.0. The molecule has 1 N–H and O–H groups in total.